The van der Waals surface area contributed by atoms with Crippen molar-refractivity contribution in [1.82, 2.24) is 5.32 Å². The van der Waals surface area contributed by atoms with Crippen LogP contribution in [0.25, 0.3) is 11.1 Å². The van der Waals surface area contributed by atoms with Crippen LogP contribution in [0.2, 0.25) is 0 Å². The summed E-state index contributed by atoms with van der Waals surface area (Å²) in [7, 11) is 0. The molecule has 1 heterocycles. The van der Waals surface area contributed by atoms with Gasteiger partial charge < -0.3 is 14.8 Å². The van der Waals surface area contributed by atoms with Crippen LogP contribution in [0.5, 0.6) is 0 Å². The number of rotatable bonds is 6. The average Bonchev–Trinajstić information content (AvgIpc) is 3.21. The first-order chi connectivity index (χ1) is 10.3. The number of aliphatic hydroxyl groups excluding tert-OH is 1. The monoisotopic (exact) mass is 285 g/mol. The molecule has 0 radical (unpaired) electrons. The largest absolute Gasteiger partial charge is 0.472 e. The molecule has 2 N–H and O–H groups in total. The Bertz CT molecular complexity index is 602. The summed E-state index contributed by atoms with van der Waals surface area (Å²) in [6.07, 6.45) is 6.18. The Morgan fingerprint density at radius 3 is 2.86 bits per heavy atom. The Morgan fingerprint density at radius 1 is 1.33 bits per heavy atom. The van der Waals surface area contributed by atoms with Gasteiger partial charge in [0.15, 0.2) is 0 Å². The van der Waals surface area contributed by atoms with Gasteiger partial charge in [-0.2, -0.15) is 0 Å². The van der Waals surface area contributed by atoms with Crippen LogP contribution in [0.3, 0.4) is 0 Å². The smallest absolute Gasteiger partial charge is 0.251 e. The van der Waals surface area contributed by atoms with Gasteiger partial charge in [0.2, 0.25) is 0 Å². The van der Waals surface area contributed by atoms with Gasteiger partial charge in [0.25, 0.3) is 5.91 Å². The van der Waals surface area contributed by atoms with Crippen molar-refractivity contribution in [1.29, 1.82) is 0 Å². The molecule has 1 aliphatic rings. The van der Waals surface area contributed by atoms with E-state index < -0.39 is 0 Å². The van der Waals surface area contributed by atoms with Crippen LogP contribution in [-0.2, 0) is 0 Å². The molecular formula is C17H19NO3. The Balaban J connectivity index is 1.73. The van der Waals surface area contributed by atoms with Crippen LogP contribution in [0.1, 0.15) is 29.6 Å². The molecule has 2 aromatic rings. The first-order valence-electron chi connectivity index (χ1n) is 7.32. The molecule has 1 amide bonds. The lowest BCUT2D eigenvalue weighted by molar-refractivity contribution is 0.0924. The SMILES string of the molecule is O=C(NC(CCO)C1CC1)c1cccc(-c2ccoc2)c1. The number of hydrogen-bond donors (Lipinski definition) is 2. The molecule has 0 saturated heterocycles. The predicted octanol–water partition coefficient (Wildman–Crippen LogP) is 2.84. The van der Waals surface area contributed by atoms with Gasteiger partial charge in [-0.1, -0.05) is 12.1 Å². The maximum Gasteiger partial charge on any atom is 0.251 e. The van der Waals surface area contributed by atoms with E-state index in [2.05, 4.69) is 5.32 Å². The third kappa shape index (κ3) is 3.34. The molecular weight excluding hydrogens is 266 g/mol. The molecule has 1 aromatic heterocycles. The third-order valence-electron chi connectivity index (χ3n) is 3.93. The summed E-state index contributed by atoms with van der Waals surface area (Å²) in [6, 6.07) is 9.45. The number of aliphatic hydroxyl groups is 1. The molecule has 1 fully saturated rings. The number of hydrogen-bond acceptors (Lipinski definition) is 3. The minimum Gasteiger partial charge on any atom is -0.472 e. The second-order valence-corrected chi connectivity index (χ2v) is 5.52. The van der Waals surface area contributed by atoms with Gasteiger partial charge in [0.1, 0.15) is 0 Å². The molecule has 4 nitrogen and oxygen atoms in total. The number of nitrogens with one attached hydrogen (secondary N) is 1. The molecule has 1 saturated carbocycles. The van der Waals surface area contributed by atoms with Gasteiger partial charge in [-0.25, -0.2) is 0 Å². The fraction of sp³-hybridized carbons (Fsp3) is 0.353. The molecule has 0 aliphatic heterocycles. The Kier molecular flexibility index (Phi) is 4.06. The second kappa shape index (κ2) is 6.14. The van der Waals surface area contributed by atoms with E-state index in [1.807, 2.05) is 30.3 Å². The topological polar surface area (TPSA) is 62.5 Å². The zero-order valence-electron chi connectivity index (χ0n) is 11.8. The molecule has 1 aromatic carbocycles. The number of carbonyl (C=O) groups is 1. The van der Waals surface area contributed by atoms with E-state index in [1.165, 1.54) is 0 Å². The highest BCUT2D eigenvalue weighted by Gasteiger charge is 2.31. The fourth-order valence-corrected chi connectivity index (χ4v) is 2.58. The molecule has 3 rings (SSSR count). The van der Waals surface area contributed by atoms with Crippen LogP contribution in [0.15, 0.2) is 47.3 Å². The average molecular weight is 285 g/mol. The first kappa shape index (κ1) is 13.9. The zero-order valence-corrected chi connectivity index (χ0v) is 11.8. The van der Waals surface area contributed by atoms with Gasteiger partial charge in [0, 0.05) is 23.8 Å². The quantitative estimate of drug-likeness (QED) is 0.858. The van der Waals surface area contributed by atoms with Crippen molar-refractivity contribution < 1.29 is 14.3 Å². The van der Waals surface area contributed by atoms with E-state index >= 15 is 0 Å². The molecule has 110 valence electrons. The first-order valence-corrected chi connectivity index (χ1v) is 7.32. The van der Waals surface area contributed by atoms with Gasteiger partial charge in [-0.15, -0.1) is 0 Å². The van der Waals surface area contributed by atoms with Crippen LogP contribution < -0.4 is 5.32 Å². The zero-order chi connectivity index (χ0) is 14.7. The molecule has 1 atom stereocenters. The molecule has 0 bridgehead atoms. The van der Waals surface area contributed by atoms with Crippen molar-refractivity contribution in [2.45, 2.75) is 25.3 Å². The molecule has 21 heavy (non-hydrogen) atoms. The van der Waals surface area contributed by atoms with Crippen LogP contribution in [0.4, 0.5) is 0 Å². The van der Waals surface area contributed by atoms with Crippen molar-refractivity contribution in [3.05, 3.63) is 48.4 Å². The number of benzene rings is 1. The van der Waals surface area contributed by atoms with Gasteiger partial charge in [0.05, 0.1) is 12.5 Å². The summed E-state index contributed by atoms with van der Waals surface area (Å²) in [5.41, 5.74) is 2.55. The number of amides is 1. The van der Waals surface area contributed by atoms with E-state index in [-0.39, 0.29) is 18.6 Å². The highest BCUT2D eigenvalue weighted by Crippen LogP contribution is 2.34. The normalized spacial score (nSPS) is 15.7. The lowest BCUT2D eigenvalue weighted by atomic mass is 10.0. The summed E-state index contributed by atoms with van der Waals surface area (Å²) < 4.78 is 5.08. The highest BCUT2D eigenvalue weighted by atomic mass is 16.3. The van der Waals surface area contributed by atoms with Crippen molar-refractivity contribution >= 4 is 5.91 Å². The van der Waals surface area contributed by atoms with Crippen molar-refractivity contribution in [3.8, 4) is 11.1 Å². The predicted molar refractivity (Wildman–Crippen MR) is 79.8 cm³/mol. The van der Waals surface area contributed by atoms with Crippen molar-refractivity contribution in [3.63, 3.8) is 0 Å². The molecule has 1 aliphatic carbocycles. The lowest BCUT2D eigenvalue weighted by Crippen LogP contribution is -2.37. The van der Waals surface area contributed by atoms with Gasteiger partial charge in [-0.3, -0.25) is 4.79 Å². The van der Waals surface area contributed by atoms with Crippen LogP contribution in [-0.4, -0.2) is 23.7 Å². The van der Waals surface area contributed by atoms with Crippen molar-refractivity contribution in [2.24, 2.45) is 5.92 Å². The highest BCUT2D eigenvalue weighted by molar-refractivity contribution is 5.95. The van der Waals surface area contributed by atoms with Crippen molar-refractivity contribution in [2.75, 3.05) is 6.61 Å². The lowest BCUT2D eigenvalue weighted by Gasteiger charge is -2.17. The molecule has 1 unspecified atom stereocenters. The van der Waals surface area contributed by atoms with Crippen LogP contribution >= 0.6 is 0 Å². The van der Waals surface area contributed by atoms with E-state index in [4.69, 9.17) is 9.52 Å². The number of carbonyl (C=O) groups excluding carboxylic acids is 1. The fourth-order valence-electron chi connectivity index (χ4n) is 2.58. The van der Waals surface area contributed by atoms with E-state index in [1.54, 1.807) is 12.5 Å². The minimum absolute atomic E-state index is 0.0781. The summed E-state index contributed by atoms with van der Waals surface area (Å²) in [4.78, 5) is 12.4. The van der Waals surface area contributed by atoms with Gasteiger partial charge in [-0.05, 0) is 48.9 Å². The summed E-state index contributed by atoms with van der Waals surface area (Å²) in [6.45, 7) is 0.108. The minimum atomic E-state index is -0.0781. The molecule has 4 heteroatoms. The molecule has 0 spiro atoms. The second-order valence-electron chi connectivity index (χ2n) is 5.52. The Morgan fingerprint density at radius 2 is 2.19 bits per heavy atom. The van der Waals surface area contributed by atoms with E-state index in [9.17, 15) is 4.79 Å². The number of furan rings is 1. The maximum atomic E-state index is 12.4. The Labute approximate surface area is 123 Å². The van der Waals surface area contributed by atoms with Gasteiger partial charge >= 0.3 is 0 Å². The van der Waals surface area contributed by atoms with Crippen LogP contribution in [0, 0.1) is 5.92 Å². The third-order valence-corrected chi connectivity index (χ3v) is 3.93. The van der Waals surface area contributed by atoms with E-state index in [0.717, 1.165) is 24.0 Å². The summed E-state index contributed by atoms with van der Waals surface area (Å²) >= 11 is 0. The summed E-state index contributed by atoms with van der Waals surface area (Å²) in [5, 5.41) is 12.2. The maximum absolute atomic E-state index is 12.4. The Hall–Kier alpha value is -2.07. The van der Waals surface area contributed by atoms with E-state index in [0.29, 0.717) is 17.9 Å². The summed E-state index contributed by atoms with van der Waals surface area (Å²) in [5.74, 6) is 0.448. The standard InChI is InChI=1S/C17H19NO3/c19-8-6-16(12-4-5-12)18-17(20)14-3-1-2-13(10-14)15-7-9-21-11-15/h1-3,7,9-12,16,19H,4-6,8H2,(H,18,20).